The summed E-state index contributed by atoms with van der Waals surface area (Å²) in [5, 5.41) is 21.7. The summed E-state index contributed by atoms with van der Waals surface area (Å²) in [4.78, 5) is 34.5. The summed E-state index contributed by atoms with van der Waals surface area (Å²) in [7, 11) is 0. The number of nitro benzene ring substituents is 1. The van der Waals surface area contributed by atoms with Gasteiger partial charge in [0.1, 0.15) is 5.02 Å². The Kier molecular flexibility index (Phi) is 4.95. The van der Waals surface area contributed by atoms with Crippen LogP contribution in [0.2, 0.25) is 5.02 Å². The number of H-pyrrole nitrogens is 1. The van der Waals surface area contributed by atoms with Gasteiger partial charge in [0.05, 0.1) is 16.0 Å². The molecule has 2 aromatic carbocycles. The first-order chi connectivity index (χ1) is 12.9. The SMILES string of the molecule is C/C(=N/NC(=O)c1n[nH]c(=O)c2ccccc12)c1ccc(Cl)c([N+](=O)[O-])c1. The van der Waals surface area contributed by atoms with E-state index in [1.165, 1.54) is 12.1 Å². The lowest BCUT2D eigenvalue weighted by Gasteiger charge is -2.05. The zero-order valence-corrected chi connectivity index (χ0v) is 14.6. The highest BCUT2D eigenvalue weighted by Crippen LogP contribution is 2.25. The molecule has 0 atom stereocenters. The van der Waals surface area contributed by atoms with Crippen molar-refractivity contribution in [3.05, 3.63) is 79.2 Å². The van der Waals surface area contributed by atoms with Crippen molar-refractivity contribution in [2.45, 2.75) is 6.92 Å². The summed E-state index contributed by atoms with van der Waals surface area (Å²) in [6.07, 6.45) is 0. The molecule has 0 saturated heterocycles. The average Bonchev–Trinajstić information content (AvgIpc) is 2.66. The molecule has 1 aromatic heterocycles. The van der Waals surface area contributed by atoms with E-state index in [0.29, 0.717) is 22.0 Å². The molecule has 0 bridgehead atoms. The lowest BCUT2D eigenvalue weighted by Crippen LogP contribution is -2.23. The molecule has 0 aliphatic heterocycles. The molecule has 0 aliphatic carbocycles. The minimum absolute atomic E-state index is 0.00355. The van der Waals surface area contributed by atoms with Gasteiger partial charge in [0.25, 0.3) is 17.2 Å². The number of carbonyl (C=O) groups is 1. The first kappa shape index (κ1) is 18.2. The molecule has 0 aliphatic rings. The van der Waals surface area contributed by atoms with Crippen LogP contribution in [0.25, 0.3) is 10.8 Å². The maximum atomic E-state index is 12.4. The van der Waals surface area contributed by atoms with Gasteiger partial charge in [-0.2, -0.15) is 10.2 Å². The molecule has 27 heavy (non-hydrogen) atoms. The maximum absolute atomic E-state index is 12.4. The van der Waals surface area contributed by atoms with E-state index < -0.39 is 16.4 Å². The van der Waals surface area contributed by atoms with E-state index in [9.17, 15) is 19.7 Å². The van der Waals surface area contributed by atoms with Crippen LogP contribution in [0, 0.1) is 10.1 Å². The number of hydrogen-bond acceptors (Lipinski definition) is 6. The maximum Gasteiger partial charge on any atom is 0.292 e. The van der Waals surface area contributed by atoms with E-state index in [2.05, 4.69) is 20.7 Å². The number of rotatable bonds is 4. The van der Waals surface area contributed by atoms with Crippen LogP contribution < -0.4 is 11.0 Å². The number of nitrogens with one attached hydrogen (secondary N) is 2. The van der Waals surface area contributed by atoms with Gasteiger partial charge in [-0.05, 0) is 19.1 Å². The number of nitrogens with zero attached hydrogens (tertiary/aromatic N) is 3. The van der Waals surface area contributed by atoms with Crippen molar-refractivity contribution >= 4 is 39.7 Å². The first-order valence-electron chi connectivity index (χ1n) is 7.65. The minimum Gasteiger partial charge on any atom is -0.267 e. The van der Waals surface area contributed by atoms with Gasteiger partial charge in [-0.15, -0.1) is 0 Å². The largest absolute Gasteiger partial charge is 0.292 e. The number of fused-ring (bicyclic) bond motifs is 1. The van der Waals surface area contributed by atoms with Crippen molar-refractivity contribution in [2.24, 2.45) is 5.10 Å². The number of halogens is 1. The Morgan fingerprint density at radius 2 is 1.96 bits per heavy atom. The van der Waals surface area contributed by atoms with Crippen LogP contribution in [-0.2, 0) is 0 Å². The van der Waals surface area contributed by atoms with E-state index >= 15 is 0 Å². The molecule has 3 aromatic rings. The Hall–Kier alpha value is -3.59. The predicted molar refractivity (Wildman–Crippen MR) is 100 cm³/mol. The molecule has 9 nitrogen and oxygen atoms in total. The molecule has 0 radical (unpaired) electrons. The van der Waals surface area contributed by atoms with Gasteiger partial charge in [-0.1, -0.05) is 35.9 Å². The highest BCUT2D eigenvalue weighted by molar-refractivity contribution is 6.32. The third-order valence-electron chi connectivity index (χ3n) is 3.80. The van der Waals surface area contributed by atoms with Crippen molar-refractivity contribution < 1.29 is 9.72 Å². The molecule has 10 heteroatoms. The standard InChI is InChI=1S/C17H12ClN5O4/c1-9(10-6-7-13(18)14(8-10)23(26)27)19-22-17(25)15-11-4-2-3-5-12(11)16(24)21-20-15/h2-8H,1H3,(H,21,24)(H,22,25)/b19-9-. The fourth-order valence-electron chi connectivity index (χ4n) is 2.42. The van der Waals surface area contributed by atoms with Crippen LogP contribution in [0.1, 0.15) is 23.0 Å². The van der Waals surface area contributed by atoms with Gasteiger partial charge in [-0.3, -0.25) is 19.7 Å². The van der Waals surface area contributed by atoms with Crippen molar-refractivity contribution in [1.82, 2.24) is 15.6 Å². The molecule has 0 spiro atoms. The van der Waals surface area contributed by atoms with E-state index in [0.717, 1.165) is 0 Å². The van der Waals surface area contributed by atoms with Gasteiger partial charge in [-0.25, -0.2) is 10.5 Å². The lowest BCUT2D eigenvalue weighted by atomic mass is 10.1. The number of nitro groups is 1. The fraction of sp³-hybridized carbons (Fsp3) is 0.0588. The number of aromatic amines is 1. The third kappa shape index (κ3) is 3.67. The van der Waals surface area contributed by atoms with Gasteiger partial charge >= 0.3 is 0 Å². The van der Waals surface area contributed by atoms with Crippen molar-refractivity contribution in [2.75, 3.05) is 0 Å². The van der Waals surface area contributed by atoms with Crippen LogP contribution in [0.15, 0.2) is 52.4 Å². The predicted octanol–water partition coefficient (Wildman–Crippen LogP) is 2.64. The molecule has 1 amide bonds. The van der Waals surface area contributed by atoms with Crippen LogP contribution in [0.5, 0.6) is 0 Å². The summed E-state index contributed by atoms with van der Waals surface area (Å²) in [5.74, 6) is -0.634. The monoisotopic (exact) mass is 385 g/mol. The Morgan fingerprint density at radius 3 is 2.67 bits per heavy atom. The summed E-state index contributed by atoms with van der Waals surface area (Å²) in [5.41, 5.74) is 2.42. The van der Waals surface area contributed by atoms with Gasteiger partial charge < -0.3 is 0 Å². The Labute approximate surface area is 156 Å². The van der Waals surface area contributed by atoms with Crippen molar-refractivity contribution in [1.29, 1.82) is 0 Å². The molecule has 3 rings (SSSR count). The number of aromatic nitrogens is 2. The zero-order chi connectivity index (χ0) is 19.6. The zero-order valence-electron chi connectivity index (χ0n) is 13.9. The molecule has 0 fully saturated rings. The van der Waals surface area contributed by atoms with Crippen LogP contribution in [0.4, 0.5) is 5.69 Å². The third-order valence-corrected chi connectivity index (χ3v) is 4.12. The lowest BCUT2D eigenvalue weighted by molar-refractivity contribution is -0.384. The summed E-state index contributed by atoms with van der Waals surface area (Å²) >= 11 is 5.78. The molecule has 1 heterocycles. The van der Waals surface area contributed by atoms with Crippen molar-refractivity contribution in [3.8, 4) is 0 Å². The second-order valence-electron chi connectivity index (χ2n) is 5.51. The van der Waals surface area contributed by atoms with E-state index in [1.807, 2.05) is 0 Å². The number of amides is 1. The quantitative estimate of drug-likeness (QED) is 0.405. The Balaban J connectivity index is 1.89. The van der Waals surface area contributed by atoms with Crippen LogP contribution in [-0.4, -0.2) is 26.7 Å². The first-order valence-corrected chi connectivity index (χ1v) is 8.02. The topological polar surface area (TPSA) is 130 Å². The molecular formula is C17H12ClN5O4. The normalized spacial score (nSPS) is 11.4. The second kappa shape index (κ2) is 7.34. The molecular weight excluding hydrogens is 374 g/mol. The van der Waals surface area contributed by atoms with E-state index in [4.69, 9.17) is 11.6 Å². The smallest absolute Gasteiger partial charge is 0.267 e. The number of hydrazone groups is 1. The summed E-state index contributed by atoms with van der Waals surface area (Å²) < 4.78 is 0. The Bertz CT molecular complexity index is 1160. The van der Waals surface area contributed by atoms with Crippen LogP contribution in [0.3, 0.4) is 0 Å². The summed E-state index contributed by atoms with van der Waals surface area (Å²) in [6, 6.07) is 10.7. The summed E-state index contributed by atoms with van der Waals surface area (Å²) in [6.45, 7) is 1.58. The highest BCUT2D eigenvalue weighted by Gasteiger charge is 2.15. The molecule has 0 saturated carbocycles. The van der Waals surface area contributed by atoms with Gasteiger partial charge in [0, 0.05) is 17.0 Å². The van der Waals surface area contributed by atoms with E-state index in [-0.39, 0.29) is 16.4 Å². The highest BCUT2D eigenvalue weighted by atomic mass is 35.5. The van der Waals surface area contributed by atoms with Gasteiger partial charge in [0.15, 0.2) is 5.69 Å². The minimum atomic E-state index is -0.634. The molecule has 0 unspecified atom stereocenters. The second-order valence-corrected chi connectivity index (χ2v) is 5.92. The number of carbonyl (C=O) groups excluding carboxylic acids is 1. The number of benzene rings is 2. The molecule has 136 valence electrons. The average molecular weight is 386 g/mol. The Morgan fingerprint density at radius 1 is 1.26 bits per heavy atom. The number of hydrogen-bond donors (Lipinski definition) is 2. The van der Waals surface area contributed by atoms with Crippen molar-refractivity contribution in [3.63, 3.8) is 0 Å². The van der Waals surface area contributed by atoms with Crippen LogP contribution >= 0.6 is 11.6 Å². The fourth-order valence-corrected chi connectivity index (χ4v) is 2.60. The van der Waals surface area contributed by atoms with E-state index in [1.54, 1.807) is 37.3 Å². The molecule has 2 N–H and O–H groups in total. The van der Waals surface area contributed by atoms with Gasteiger partial charge in [0.2, 0.25) is 0 Å².